The van der Waals surface area contributed by atoms with Gasteiger partial charge in [-0.2, -0.15) is 0 Å². The van der Waals surface area contributed by atoms with Gasteiger partial charge in [-0.3, -0.25) is 9.59 Å². The maximum atomic E-state index is 14.2. The lowest BCUT2D eigenvalue weighted by Crippen LogP contribution is -2.31. The molecule has 198 valence electrons. The van der Waals surface area contributed by atoms with Crippen molar-refractivity contribution >= 4 is 22.6 Å². The van der Waals surface area contributed by atoms with Gasteiger partial charge in [-0.05, 0) is 62.8 Å². The van der Waals surface area contributed by atoms with Crippen LogP contribution < -0.4 is 10.9 Å². The minimum absolute atomic E-state index is 0.0218. The molecule has 2 aromatic heterocycles. The van der Waals surface area contributed by atoms with Crippen LogP contribution >= 0.6 is 0 Å². The molecule has 3 heterocycles. The van der Waals surface area contributed by atoms with E-state index in [4.69, 9.17) is 0 Å². The Kier molecular flexibility index (Phi) is 6.70. The first-order valence-corrected chi connectivity index (χ1v) is 12.2. The SMILES string of the molecule is CC(Cc1cc(F)cc(F)c1F)Nc1cc[nH]c(=O)c1-c1nc2cc3c(cc2[nH]1)CN(CCN(C)C)C3=O. The van der Waals surface area contributed by atoms with Gasteiger partial charge in [-0.25, -0.2) is 18.2 Å². The Bertz CT molecular complexity index is 1600. The van der Waals surface area contributed by atoms with Crippen LogP contribution in [0.4, 0.5) is 18.9 Å². The molecule has 1 atom stereocenters. The fourth-order valence-corrected chi connectivity index (χ4v) is 4.74. The third kappa shape index (κ3) is 4.89. The summed E-state index contributed by atoms with van der Waals surface area (Å²) < 4.78 is 41.4. The highest BCUT2D eigenvalue weighted by Gasteiger charge is 2.28. The molecule has 0 bridgehead atoms. The molecule has 3 N–H and O–H groups in total. The Morgan fingerprint density at radius 1 is 1.16 bits per heavy atom. The van der Waals surface area contributed by atoms with E-state index < -0.39 is 29.1 Å². The van der Waals surface area contributed by atoms with Crippen LogP contribution in [0, 0.1) is 17.5 Å². The fraction of sp³-hybridized carbons (Fsp3) is 0.296. The summed E-state index contributed by atoms with van der Waals surface area (Å²) in [4.78, 5) is 40.0. The number of carbonyl (C=O) groups excluding carboxylic acids is 1. The van der Waals surface area contributed by atoms with Crippen LogP contribution in [0.25, 0.3) is 22.4 Å². The zero-order valence-electron chi connectivity index (χ0n) is 21.2. The number of H-pyrrole nitrogens is 2. The first kappa shape index (κ1) is 25.5. The molecule has 0 fully saturated rings. The van der Waals surface area contributed by atoms with E-state index in [0.717, 1.165) is 18.2 Å². The monoisotopic (exact) mass is 524 g/mol. The number of fused-ring (bicyclic) bond motifs is 2. The molecule has 0 radical (unpaired) electrons. The minimum atomic E-state index is -1.25. The van der Waals surface area contributed by atoms with Crippen LogP contribution in [0.15, 0.2) is 41.3 Å². The number of hydrogen-bond donors (Lipinski definition) is 3. The highest BCUT2D eigenvalue weighted by molar-refractivity contribution is 6.02. The van der Waals surface area contributed by atoms with Crippen molar-refractivity contribution in [3.63, 3.8) is 0 Å². The third-order valence-electron chi connectivity index (χ3n) is 6.60. The van der Waals surface area contributed by atoms with Crippen LogP contribution in [0.1, 0.15) is 28.4 Å². The van der Waals surface area contributed by atoms with E-state index >= 15 is 0 Å². The van der Waals surface area contributed by atoms with E-state index in [9.17, 15) is 22.8 Å². The lowest BCUT2D eigenvalue weighted by molar-refractivity contribution is 0.0768. The van der Waals surface area contributed by atoms with Gasteiger partial charge in [0.1, 0.15) is 17.2 Å². The number of halogens is 3. The van der Waals surface area contributed by atoms with Gasteiger partial charge in [0.2, 0.25) is 0 Å². The number of carbonyl (C=O) groups is 1. The van der Waals surface area contributed by atoms with Crippen molar-refractivity contribution in [2.45, 2.75) is 25.9 Å². The largest absolute Gasteiger partial charge is 0.381 e. The van der Waals surface area contributed by atoms with Crippen molar-refractivity contribution in [3.8, 4) is 11.4 Å². The highest BCUT2D eigenvalue weighted by atomic mass is 19.2. The van der Waals surface area contributed by atoms with Crippen molar-refractivity contribution in [1.82, 2.24) is 24.8 Å². The van der Waals surface area contributed by atoms with E-state index in [1.165, 1.54) is 6.20 Å². The molecule has 0 saturated heterocycles. The summed E-state index contributed by atoms with van der Waals surface area (Å²) in [6, 6.07) is 6.22. The summed E-state index contributed by atoms with van der Waals surface area (Å²) in [6.07, 6.45) is 1.44. The Morgan fingerprint density at radius 2 is 1.95 bits per heavy atom. The maximum absolute atomic E-state index is 14.2. The summed E-state index contributed by atoms with van der Waals surface area (Å²) >= 11 is 0. The van der Waals surface area contributed by atoms with Gasteiger partial charge >= 0.3 is 0 Å². The number of hydrogen-bond acceptors (Lipinski definition) is 5. The number of pyridine rings is 1. The number of nitrogens with one attached hydrogen (secondary N) is 3. The lowest BCUT2D eigenvalue weighted by Gasteiger charge is -2.18. The summed E-state index contributed by atoms with van der Waals surface area (Å²) in [5.74, 6) is -2.98. The first-order valence-electron chi connectivity index (χ1n) is 12.2. The average molecular weight is 525 g/mol. The number of imidazole rings is 1. The number of likely N-dealkylation sites (N-methyl/N-ethyl adjacent to an activating group) is 1. The zero-order valence-corrected chi connectivity index (χ0v) is 21.2. The molecule has 1 unspecified atom stereocenters. The zero-order chi connectivity index (χ0) is 27.1. The summed E-state index contributed by atoms with van der Waals surface area (Å²) in [7, 11) is 3.91. The molecule has 4 aromatic rings. The minimum Gasteiger partial charge on any atom is -0.381 e. The predicted octanol–water partition coefficient (Wildman–Crippen LogP) is 3.90. The number of rotatable bonds is 8. The second kappa shape index (κ2) is 9.97. The van der Waals surface area contributed by atoms with Gasteiger partial charge in [0.05, 0.1) is 16.7 Å². The molecule has 8 nitrogen and oxygen atoms in total. The number of anilines is 1. The third-order valence-corrected chi connectivity index (χ3v) is 6.60. The van der Waals surface area contributed by atoms with Gasteiger partial charge in [0.15, 0.2) is 11.6 Å². The van der Waals surface area contributed by atoms with E-state index in [-0.39, 0.29) is 23.5 Å². The lowest BCUT2D eigenvalue weighted by atomic mass is 10.1. The van der Waals surface area contributed by atoms with Crippen LogP contribution in [-0.2, 0) is 13.0 Å². The molecule has 1 aliphatic heterocycles. The second-order valence-corrected chi connectivity index (χ2v) is 9.85. The molecule has 1 aliphatic rings. The Labute approximate surface area is 216 Å². The molecule has 5 rings (SSSR count). The fourth-order valence-electron chi connectivity index (χ4n) is 4.74. The van der Waals surface area contributed by atoms with Gasteiger partial charge in [0.25, 0.3) is 11.5 Å². The van der Waals surface area contributed by atoms with Crippen molar-refractivity contribution in [1.29, 1.82) is 0 Å². The number of aromatic amines is 2. The molecule has 0 aliphatic carbocycles. The van der Waals surface area contributed by atoms with Crippen LogP contribution in [-0.4, -0.2) is 63.9 Å². The van der Waals surface area contributed by atoms with Crippen LogP contribution in [0.3, 0.4) is 0 Å². The van der Waals surface area contributed by atoms with E-state index in [0.29, 0.717) is 47.3 Å². The van der Waals surface area contributed by atoms with E-state index in [1.807, 2.05) is 25.1 Å². The van der Waals surface area contributed by atoms with Gasteiger partial charge in [-0.1, -0.05) is 0 Å². The smallest absolute Gasteiger partial charge is 0.261 e. The van der Waals surface area contributed by atoms with E-state index in [1.54, 1.807) is 24.0 Å². The number of amides is 1. The van der Waals surface area contributed by atoms with Crippen molar-refractivity contribution in [3.05, 3.63) is 81.0 Å². The number of benzene rings is 2. The van der Waals surface area contributed by atoms with Crippen molar-refractivity contribution in [2.75, 3.05) is 32.5 Å². The Balaban J connectivity index is 1.42. The predicted molar refractivity (Wildman–Crippen MR) is 139 cm³/mol. The summed E-state index contributed by atoms with van der Waals surface area (Å²) in [5.41, 5.74) is 2.81. The van der Waals surface area contributed by atoms with E-state index in [2.05, 4.69) is 20.3 Å². The summed E-state index contributed by atoms with van der Waals surface area (Å²) in [6.45, 7) is 3.58. The summed E-state index contributed by atoms with van der Waals surface area (Å²) in [5, 5.41) is 3.13. The average Bonchev–Trinajstić information content (AvgIpc) is 3.39. The van der Waals surface area contributed by atoms with Crippen molar-refractivity contribution < 1.29 is 18.0 Å². The molecule has 1 amide bonds. The quantitative estimate of drug-likeness (QED) is 0.304. The standard InChI is InChI=1S/C27H27F3N6O2/c1-14(8-15-9-17(28)11-19(29)24(15)30)32-20-4-5-31-26(37)23(20)25-33-21-10-16-13-36(7-6-35(2)3)27(38)18(16)12-22(21)34-25/h4-5,9-12,14H,6-8,13H2,1-3H3,(H,33,34)(H2,31,32,37). The normalized spacial score (nSPS) is 14.0. The molecule has 11 heteroatoms. The molecular formula is C27H27F3N6O2. The van der Waals surface area contributed by atoms with Crippen LogP contribution in [0.5, 0.6) is 0 Å². The maximum Gasteiger partial charge on any atom is 0.261 e. The molecular weight excluding hydrogens is 497 g/mol. The molecule has 0 spiro atoms. The highest BCUT2D eigenvalue weighted by Crippen LogP contribution is 2.30. The second-order valence-electron chi connectivity index (χ2n) is 9.85. The van der Waals surface area contributed by atoms with Gasteiger partial charge < -0.3 is 25.1 Å². The molecule has 38 heavy (non-hydrogen) atoms. The Morgan fingerprint density at radius 3 is 2.71 bits per heavy atom. The van der Waals surface area contributed by atoms with Crippen molar-refractivity contribution in [2.24, 2.45) is 0 Å². The first-order chi connectivity index (χ1) is 18.1. The number of nitrogens with zero attached hydrogens (tertiary/aromatic N) is 3. The van der Waals surface area contributed by atoms with Gasteiger partial charge in [0, 0.05) is 43.5 Å². The topological polar surface area (TPSA) is 97.1 Å². The molecule has 0 saturated carbocycles. The Hall–Kier alpha value is -4.12. The van der Waals surface area contributed by atoms with Gasteiger partial charge in [-0.15, -0.1) is 0 Å². The number of aromatic nitrogens is 3. The molecule has 2 aromatic carbocycles. The van der Waals surface area contributed by atoms with Crippen LogP contribution in [0.2, 0.25) is 0 Å².